The van der Waals surface area contributed by atoms with E-state index in [0.29, 0.717) is 0 Å². The van der Waals surface area contributed by atoms with Crippen LogP contribution >= 0.6 is 0 Å². The Hall–Kier alpha value is -2.80. The summed E-state index contributed by atoms with van der Waals surface area (Å²) < 4.78 is 0. The Morgan fingerprint density at radius 1 is 0.667 bits per heavy atom. The number of benzene rings is 4. The van der Waals surface area contributed by atoms with E-state index in [0.717, 1.165) is 5.69 Å². The third-order valence-electron chi connectivity index (χ3n) is 5.60. The first-order chi connectivity index (χ1) is 11.6. The maximum absolute atomic E-state index is 6.42. The van der Waals surface area contributed by atoms with E-state index < -0.39 is 0 Å². The molecule has 0 spiro atoms. The maximum Gasteiger partial charge on any atom is 0.0400 e. The molecule has 4 aromatic carbocycles. The Labute approximate surface area is 141 Å². The van der Waals surface area contributed by atoms with E-state index >= 15 is 0 Å². The normalized spacial score (nSPS) is 14.8. The Balaban J connectivity index is 2.08. The lowest BCUT2D eigenvalue weighted by atomic mass is 9.82. The van der Waals surface area contributed by atoms with Crippen molar-refractivity contribution in [2.24, 2.45) is 0 Å². The van der Waals surface area contributed by atoms with E-state index in [-0.39, 0.29) is 5.41 Å². The first-order valence-electron chi connectivity index (χ1n) is 8.43. The van der Waals surface area contributed by atoms with Crippen LogP contribution in [0.5, 0.6) is 0 Å². The summed E-state index contributed by atoms with van der Waals surface area (Å²) in [5, 5.41) is 5.01. The fourth-order valence-corrected chi connectivity index (χ4v) is 4.39. The average molecular weight is 309 g/mol. The molecule has 0 atom stereocenters. The molecule has 0 fully saturated rings. The molecule has 2 N–H and O–H groups in total. The molecule has 5 rings (SSSR count). The number of hydrogen-bond acceptors (Lipinski definition) is 1. The van der Waals surface area contributed by atoms with Gasteiger partial charge in [-0.05, 0) is 44.5 Å². The van der Waals surface area contributed by atoms with Crippen molar-refractivity contribution in [2.75, 3.05) is 5.73 Å². The predicted octanol–water partition coefficient (Wildman–Crippen LogP) is 5.88. The Morgan fingerprint density at radius 3 is 2.17 bits per heavy atom. The summed E-state index contributed by atoms with van der Waals surface area (Å²) in [7, 11) is 0. The molecule has 4 aromatic rings. The highest BCUT2D eigenvalue weighted by Crippen LogP contribution is 2.54. The molecule has 0 amide bonds. The number of fused-ring (bicyclic) bond motifs is 7. The van der Waals surface area contributed by atoms with Gasteiger partial charge in [0.2, 0.25) is 0 Å². The van der Waals surface area contributed by atoms with E-state index in [4.69, 9.17) is 5.73 Å². The molecule has 0 saturated carbocycles. The van der Waals surface area contributed by atoms with Crippen LogP contribution in [0.4, 0.5) is 5.69 Å². The first-order valence-corrected chi connectivity index (χ1v) is 8.43. The molecule has 1 aliphatic carbocycles. The third kappa shape index (κ3) is 1.54. The van der Waals surface area contributed by atoms with Gasteiger partial charge in [-0.2, -0.15) is 0 Å². The van der Waals surface area contributed by atoms with Crippen molar-refractivity contribution in [1.82, 2.24) is 0 Å². The largest absolute Gasteiger partial charge is 0.398 e. The smallest absolute Gasteiger partial charge is 0.0400 e. The van der Waals surface area contributed by atoms with Crippen LogP contribution in [0.15, 0.2) is 66.7 Å². The fourth-order valence-electron chi connectivity index (χ4n) is 4.39. The molecule has 116 valence electrons. The first kappa shape index (κ1) is 13.6. The van der Waals surface area contributed by atoms with Gasteiger partial charge in [0.15, 0.2) is 0 Å². The van der Waals surface area contributed by atoms with Crippen molar-refractivity contribution < 1.29 is 0 Å². The van der Waals surface area contributed by atoms with Gasteiger partial charge in [0.25, 0.3) is 0 Å². The second-order valence-electron chi connectivity index (χ2n) is 7.27. The van der Waals surface area contributed by atoms with E-state index in [1.54, 1.807) is 0 Å². The molecule has 1 nitrogen and oxygen atoms in total. The quantitative estimate of drug-likeness (QED) is 0.403. The van der Waals surface area contributed by atoms with E-state index in [9.17, 15) is 0 Å². The lowest BCUT2D eigenvalue weighted by Crippen LogP contribution is -2.14. The van der Waals surface area contributed by atoms with Gasteiger partial charge in [-0.3, -0.25) is 0 Å². The Kier molecular flexibility index (Phi) is 2.49. The molecule has 0 radical (unpaired) electrons. The topological polar surface area (TPSA) is 26.0 Å². The fraction of sp³-hybridized carbons (Fsp3) is 0.130. The predicted molar refractivity (Wildman–Crippen MR) is 103 cm³/mol. The van der Waals surface area contributed by atoms with Crippen LogP contribution in [0.25, 0.3) is 32.7 Å². The lowest BCUT2D eigenvalue weighted by Gasteiger charge is -2.21. The monoisotopic (exact) mass is 309 g/mol. The van der Waals surface area contributed by atoms with Gasteiger partial charge in [-0.25, -0.2) is 0 Å². The summed E-state index contributed by atoms with van der Waals surface area (Å²) in [6.45, 7) is 4.63. The van der Waals surface area contributed by atoms with E-state index in [2.05, 4.69) is 68.4 Å². The highest BCUT2D eigenvalue weighted by atomic mass is 14.6. The van der Waals surface area contributed by atoms with Crippen molar-refractivity contribution >= 4 is 27.2 Å². The molecular formula is C23H19N. The zero-order valence-corrected chi connectivity index (χ0v) is 13.9. The molecule has 1 heteroatoms. The van der Waals surface area contributed by atoms with Crippen molar-refractivity contribution in [3.63, 3.8) is 0 Å². The summed E-state index contributed by atoms with van der Waals surface area (Å²) in [5.41, 5.74) is 12.7. The van der Waals surface area contributed by atoms with Gasteiger partial charge in [0, 0.05) is 16.5 Å². The van der Waals surface area contributed by atoms with E-state index in [1.165, 1.54) is 43.8 Å². The van der Waals surface area contributed by atoms with Gasteiger partial charge in [0.05, 0.1) is 0 Å². The van der Waals surface area contributed by atoms with Crippen LogP contribution in [0.2, 0.25) is 0 Å². The number of rotatable bonds is 0. The summed E-state index contributed by atoms with van der Waals surface area (Å²) in [5.74, 6) is 0. The van der Waals surface area contributed by atoms with Gasteiger partial charge in [-0.15, -0.1) is 0 Å². The zero-order valence-electron chi connectivity index (χ0n) is 13.9. The summed E-state index contributed by atoms with van der Waals surface area (Å²) in [6, 6.07) is 23.9. The van der Waals surface area contributed by atoms with Gasteiger partial charge in [0.1, 0.15) is 0 Å². The van der Waals surface area contributed by atoms with Crippen LogP contribution < -0.4 is 5.73 Å². The van der Waals surface area contributed by atoms with Gasteiger partial charge in [-0.1, -0.05) is 74.5 Å². The SMILES string of the molecule is CC1(C)c2ccc3ccccc3c2-c2c1ccc1cccc(N)c21. The molecule has 24 heavy (non-hydrogen) atoms. The second-order valence-corrected chi connectivity index (χ2v) is 7.27. The third-order valence-corrected chi connectivity index (χ3v) is 5.60. The van der Waals surface area contributed by atoms with Crippen molar-refractivity contribution in [1.29, 1.82) is 0 Å². The second kappa shape index (κ2) is 4.39. The molecule has 0 aromatic heterocycles. The van der Waals surface area contributed by atoms with Crippen LogP contribution in [-0.2, 0) is 5.41 Å². The molecule has 0 saturated heterocycles. The highest BCUT2D eigenvalue weighted by Gasteiger charge is 2.37. The molecular weight excluding hydrogens is 290 g/mol. The molecule has 1 aliphatic rings. The summed E-state index contributed by atoms with van der Waals surface area (Å²) in [6.07, 6.45) is 0. The van der Waals surface area contributed by atoms with Crippen molar-refractivity contribution in [3.8, 4) is 11.1 Å². The average Bonchev–Trinajstić information content (AvgIpc) is 2.83. The number of nitrogen functional groups attached to an aromatic ring is 1. The molecule has 0 heterocycles. The Morgan fingerprint density at radius 2 is 1.33 bits per heavy atom. The lowest BCUT2D eigenvalue weighted by molar-refractivity contribution is 0.661. The van der Waals surface area contributed by atoms with Crippen molar-refractivity contribution in [3.05, 3.63) is 77.9 Å². The van der Waals surface area contributed by atoms with Crippen LogP contribution in [-0.4, -0.2) is 0 Å². The molecule has 0 bridgehead atoms. The maximum atomic E-state index is 6.42. The minimum absolute atomic E-state index is 0.00876. The van der Waals surface area contributed by atoms with Gasteiger partial charge >= 0.3 is 0 Å². The number of anilines is 1. The number of nitrogens with two attached hydrogens (primary N) is 1. The minimum Gasteiger partial charge on any atom is -0.398 e. The van der Waals surface area contributed by atoms with Crippen LogP contribution in [0.1, 0.15) is 25.0 Å². The molecule has 0 unspecified atom stereocenters. The van der Waals surface area contributed by atoms with Crippen LogP contribution in [0.3, 0.4) is 0 Å². The highest BCUT2D eigenvalue weighted by molar-refractivity contribution is 6.14. The summed E-state index contributed by atoms with van der Waals surface area (Å²) >= 11 is 0. The standard InChI is InChI=1S/C23H19N/c1-23(2)17-12-10-14-6-3-4-8-16(14)21(17)22-18(23)13-11-15-7-5-9-19(24)20(15)22/h3-13H,24H2,1-2H3. The van der Waals surface area contributed by atoms with Gasteiger partial charge < -0.3 is 5.73 Å². The zero-order chi connectivity index (χ0) is 16.5. The van der Waals surface area contributed by atoms with E-state index in [1.807, 2.05) is 12.1 Å². The van der Waals surface area contributed by atoms with Crippen LogP contribution in [0, 0.1) is 0 Å². The molecule has 0 aliphatic heterocycles. The van der Waals surface area contributed by atoms with Crippen molar-refractivity contribution in [2.45, 2.75) is 19.3 Å². The number of hydrogen-bond donors (Lipinski definition) is 1. The summed E-state index contributed by atoms with van der Waals surface area (Å²) in [4.78, 5) is 0. The Bertz CT molecular complexity index is 1140. The minimum atomic E-state index is -0.00876.